The number of nitrogens with one attached hydrogen (secondary N) is 1. The van der Waals surface area contributed by atoms with Crippen molar-refractivity contribution in [3.05, 3.63) is 81.1 Å². The zero-order valence-electron chi connectivity index (χ0n) is 17.8. The Hall–Kier alpha value is -4.02. The molecule has 2 heterocycles. The average Bonchev–Trinajstić information content (AvgIpc) is 3.18. The van der Waals surface area contributed by atoms with Crippen LogP contribution in [0.4, 0.5) is 4.39 Å². The van der Waals surface area contributed by atoms with Crippen molar-refractivity contribution < 1.29 is 4.39 Å². The second kappa shape index (κ2) is 7.84. The zero-order chi connectivity index (χ0) is 23.3. The molecule has 0 fully saturated rings. The fourth-order valence-corrected chi connectivity index (χ4v) is 4.64. The van der Waals surface area contributed by atoms with Gasteiger partial charge in [-0.25, -0.2) is 9.49 Å². The average molecular weight is 458 g/mol. The molecule has 0 unspecified atom stereocenters. The molecule has 0 spiro atoms. The molecule has 0 radical (unpaired) electrons. The van der Waals surface area contributed by atoms with E-state index in [1.807, 2.05) is 19.1 Å². The van der Waals surface area contributed by atoms with E-state index in [-0.39, 0.29) is 21.7 Å². The third-order valence-electron chi connectivity index (χ3n) is 5.86. The molecule has 33 heavy (non-hydrogen) atoms. The highest BCUT2D eigenvalue weighted by Gasteiger charge is 2.23. The fourth-order valence-electron chi connectivity index (χ4n) is 4.33. The fraction of sp³-hybridized carbons (Fsp3) is 0.120. The van der Waals surface area contributed by atoms with Crippen molar-refractivity contribution in [2.45, 2.75) is 13.3 Å². The molecule has 0 bridgehead atoms. The van der Waals surface area contributed by atoms with Gasteiger partial charge in [0.15, 0.2) is 0 Å². The summed E-state index contributed by atoms with van der Waals surface area (Å²) in [6, 6.07) is 14.3. The molecule has 6 nitrogen and oxygen atoms in total. The van der Waals surface area contributed by atoms with Gasteiger partial charge in [0.25, 0.3) is 5.56 Å². The summed E-state index contributed by atoms with van der Waals surface area (Å²) in [4.78, 5) is 12.4. The van der Waals surface area contributed by atoms with Crippen molar-refractivity contribution in [3.8, 4) is 28.5 Å². The molecule has 1 N–H and O–H groups in total. The lowest BCUT2D eigenvalue weighted by Gasteiger charge is -2.13. The van der Waals surface area contributed by atoms with Crippen LogP contribution in [0.5, 0.6) is 0 Å². The molecule has 8 heteroatoms. The maximum absolute atomic E-state index is 15.4. The molecule has 2 aromatic heterocycles. The first-order chi connectivity index (χ1) is 15.9. The van der Waals surface area contributed by atoms with Crippen molar-refractivity contribution in [1.82, 2.24) is 20.0 Å². The Morgan fingerprint density at radius 2 is 2.00 bits per heavy atom. The van der Waals surface area contributed by atoms with Crippen molar-refractivity contribution in [1.29, 1.82) is 5.26 Å². The molecule has 5 aromatic rings. The first-order valence-electron chi connectivity index (χ1n) is 10.3. The molecule has 0 amide bonds. The number of nitriles is 1. The molecule has 0 atom stereocenters. The van der Waals surface area contributed by atoms with Crippen LogP contribution in [0.3, 0.4) is 0 Å². The van der Waals surface area contributed by atoms with Gasteiger partial charge in [-0.3, -0.25) is 9.48 Å². The van der Waals surface area contributed by atoms with Gasteiger partial charge < -0.3 is 0 Å². The van der Waals surface area contributed by atoms with Crippen LogP contribution < -0.4 is 5.56 Å². The number of hydrogen-bond donors (Lipinski definition) is 1. The Labute approximate surface area is 192 Å². The van der Waals surface area contributed by atoms with Gasteiger partial charge in [0, 0.05) is 23.4 Å². The predicted octanol–water partition coefficient (Wildman–Crippen LogP) is 5.37. The van der Waals surface area contributed by atoms with E-state index in [4.69, 9.17) is 11.6 Å². The Morgan fingerprint density at radius 1 is 1.21 bits per heavy atom. The van der Waals surface area contributed by atoms with Crippen LogP contribution in [0.15, 0.2) is 53.5 Å². The molecule has 0 aliphatic heterocycles. The molecular weight excluding hydrogens is 441 g/mol. The number of aromatic amines is 1. The highest BCUT2D eigenvalue weighted by Crippen LogP contribution is 2.40. The van der Waals surface area contributed by atoms with Crippen LogP contribution in [0.2, 0.25) is 5.02 Å². The lowest BCUT2D eigenvalue weighted by molar-refractivity contribution is 0.629. The Bertz CT molecular complexity index is 1680. The lowest BCUT2D eigenvalue weighted by Crippen LogP contribution is -2.11. The zero-order valence-corrected chi connectivity index (χ0v) is 18.5. The number of rotatable bonds is 3. The van der Waals surface area contributed by atoms with Gasteiger partial charge in [-0.05, 0) is 35.6 Å². The normalized spacial score (nSPS) is 11.2. The molecule has 3 aromatic carbocycles. The molecule has 0 saturated carbocycles. The van der Waals surface area contributed by atoms with Gasteiger partial charge in [-0.15, -0.1) is 0 Å². The van der Waals surface area contributed by atoms with E-state index in [1.165, 1.54) is 10.7 Å². The minimum absolute atomic E-state index is 0.169. The van der Waals surface area contributed by atoms with Crippen molar-refractivity contribution in [3.63, 3.8) is 0 Å². The van der Waals surface area contributed by atoms with E-state index in [0.717, 1.165) is 0 Å². The van der Waals surface area contributed by atoms with Gasteiger partial charge >= 0.3 is 0 Å². The van der Waals surface area contributed by atoms with Gasteiger partial charge in [-0.1, -0.05) is 42.8 Å². The van der Waals surface area contributed by atoms with Gasteiger partial charge in [0.05, 0.1) is 39.1 Å². The standard InChI is InChI=1S/C25H17ClFN5O/c1-3-21-16-8-14(9-19(26)22(16)25(33)31-30-21)18-12-29-32(2)24(18)23-17(11-28)15-7-5-4-6-13(15)10-20(23)27/h4-10,12H,3H2,1-2H3,(H,31,33). The number of H-pyrrole nitrogens is 1. The molecular formula is C25H17ClFN5O. The largest absolute Gasteiger partial charge is 0.273 e. The third kappa shape index (κ3) is 3.19. The number of aromatic nitrogens is 4. The van der Waals surface area contributed by atoms with E-state index in [9.17, 15) is 10.1 Å². The number of aryl methyl sites for hydroxylation is 2. The molecule has 0 aliphatic rings. The van der Waals surface area contributed by atoms with Gasteiger partial charge in [0.2, 0.25) is 0 Å². The second-order valence-electron chi connectivity index (χ2n) is 7.71. The summed E-state index contributed by atoms with van der Waals surface area (Å²) >= 11 is 6.52. The minimum Gasteiger partial charge on any atom is -0.267 e. The van der Waals surface area contributed by atoms with Crippen LogP contribution in [-0.4, -0.2) is 20.0 Å². The van der Waals surface area contributed by atoms with E-state index >= 15 is 4.39 Å². The van der Waals surface area contributed by atoms with Crippen LogP contribution in [0.1, 0.15) is 18.2 Å². The summed E-state index contributed by atoms with van der Waals surface area (Å²) in [5.74, 6) is -0.519. The summed E-state index contributed by atoms with van der Waals surface area (Å²) in [5.41, 5.74) is 2.40. The van der Waals surface area contributed by atoms with Crippen LogP contribution in [0.25, 0.3) is 43.9 Å². The van der Waals surface area contributed by atoms with Crippen molar-refractivity contribution in [2.24, 2.45) is 7.05 Å². The van der Waals surface area contributed by atoms with E-state index in [0.29, 0.717) is 50.5 Å². The SMILES string of the molecule is CCc1n[nH]c(=O)c2c(Cl)cc(-c3cnn(C)c3-c3c(F)cc4ccccc4c3C#N)cc12. The summed E-state index contributed by atoms with van der Waals surface area (Å²) in [6.45, 7) is 1.93. The van der Waals surface area contributed by atoms with Crippen molar-refractivity contribution >= 4 is 33.1 Å². The van der Waals surface area contributed by atoms with Crippen molar-refractivity contribution in [2.75, 3.05) is 0 Å². The number of benzene rings is 3. The molecule has 162 valence electrons. The predicted molar refractivity (Wildman–Crippen MR) is 127 cm³/mol. The van der Waals surface area contributed by atoms with Gasteiger partial charge in [-0.2, -0.15) is 15.5 Å². The molecule has 0 saturated heterocycles. The molecule has 5 rings (SSSR count). The lowest BCUT2D eigenvalue weighted by atomic mass is 9.93. The summed E-state index contributed by atoms with van der Waals surface area (Å²) in [6.07, 6.45) is 2.19. The Balaban J connectivity index is 1.85. The smallest absolute Gasteiger partial charge is 0.267 e. The number of halogens is 2. The van der Waals surface area contributed by atoms with Crippen LogP contribution in [-0.2, 0) is 13.5 Å². The van der Waals surface area contributed by atoms with E-state index in [2.05, 4.69) is 21.4 Å². The quantitative estimate of drug-likeness (QED) is 0.394. The highest BCUT2D eigenvalue weighted by molar-refractivity contribution is 6.36. The minimum atomic E-state index is -0.519. The highest BCUT2D eigenvalue weighted by atomic mass is 35.5. The number of fused-ring (bicyclic) bond motifs is 2. The van der Waals surface area contributed by atoms with Crippen LogP contribution in [0, 0.1) is 17.1 Å². The monoisotopic (exact) mass is 457 g/mol. The third-order valence-corrected chi connectivity index (χ3v) is 6.15. The summed E-state index contributed by atoms with van der Waals surface area (Å²) < 4.78 is 17.0. The van der Waals surface area contributed by atoms with Crippen LogP contribution >= 0.6 is 11.6 Å². The number of hydrogen-bond acceptors (Lipinski definition) is 4. The first-order valence-corrected chi connectivity index (χ1v) is 10.7. The first kappa shape index (κ1) is 20.9. The Kier molecular flexibility index (Phi) is 4.95. The maximum Gasteiger partial charge on any atom is 0.273 e. The van der Waals surface area contributed by atoms with Gasteiger partial charge in [0.1, 0.15) is 11.9 Å². The second-order valence-corrected chi connectivity index (χ2v) is 8.11. The summed E-state index contributed by atoms with van der Waals surface area (Å²) in [5, 5.41) is 23.5. The Morgan fingerprint density at radius 3 is 2.76 bits per heavy atom. The van der Waals surface area contributed by atoms with E-state index < -0.39 is 5.82 Å². The molecule has 0 aliphatic carbocycles. The maximum atomic E-state index is 15.4. The van der Waals surface area contributed by atoms with E-state index in [1.54, 1.807) is 37.5 Å². The summed E-state index contributed by atoms with van der Waals surface area (Å²) in [7, 11) is 1.70. The number of nitrogens with zero attached hydrogens (tertiary/aromatic N) is 4. The topological polar surface area (TPSA) is 87.4 Å².